The fourth-order valence-corrected chi connectivity index (χ4v) is 4.83. The van der Waals surface area contributed by atoms with Gasteiger partial charge in [-0.2, -0.15) is 0 Å². The highest BCUT2D eigenvalue weighted by Gasteiger charge is 2.40. The number of fused-ring (bicyclic) bond motifs is 1. The van der Waals surface area contributed by atoms with Gasteiger partial charge in [-0.3, -0.25) is 19.4 Å². The van der Waals surface area contributed by atoms with E-state index < -0.39 is 29.0 Å². The molecular weight excluding hydrogens is 412 g/mol. The van der Waals surface area contributed by atoms with Crippen LogP contribution >= 0.6 is 11.8 Å². The summed E-state index contributed by atoms with van der Waals surface area (Å²) in [4.78, 5) is 44.5. The molecule has 7 nitrogen and oxygen atoms in total. The Hall–Kier alpha value is -3.65. The predicted octanol–water partition coefficient (Wildman–Crippen LogP) is 2.55. The van der Waals surface area contributed by atoms with Crippen molar-refractivity contribution in [1.29, 1.82) is 0 Å². The van der Waals surface area contributed by atoms with Gasteiger partial charge < -0.3 is 16.0 Å². The van der Waals surface area contributed by atoms with E-state index in [2.05, 4.69) is 10.3 Å². The van der Waals surface area contributed by atoms with Crippen LogP contribution in [-0.4, -0.2) is 35.3 Å². The maximum absolute atomic E-state index is 13.7. The molecule has 156 valence electrons. The summed E-state index contributed by atoms with van der Waals surface area (Å²) in [5.41, 5.74) is 7.26. The van der Waals surface area contributed by atoms with Gasteiger partial charge in [0.2, 0.25) is 5.91 Å². The molecule has 0 bridgehead atoms. The van der Waals surface area contributed by atoms with Crippen molar-refractivity contribution in [2.45, 2.75) is 16.2 Å². The molecule has 2 atom stereocenters. The minimum absolute atomic E-state index is 0.281. The second kappa shape index (κ2) is 9.01. The number of thioether (sulfide) groups is 1. The van der Waals surface area contributed by atoms with Crippen LogP contribution in [0.15, 0.2) is 84.0 Å². The summed E-state index contributed by atoms with van der Waals surface area (Å²) in [6.45, 7) is -0.281. The number of hydrogen-bond acceptors (Lipinski definition) is 5. The van der Waals surface area contributed by atoms with Crippen LogP contribution in [0.2, 0.25) is 0 Å². The Morgan fingerprint density at radius 3 is 2.48 bits per heavy atom. The lowest BCUT2D eigenvalue weighted by Gasteiger charge is -2.28. The Balaban J connectivity index is 1.79. The molecule has 2 aromatic carbocycles. The van der Waals surface area contributed by atoms with E-state index in [0.29, 0.717) is 11.3 Å². The molecule has 1 aliphatic rings. The number of hydrogen-bond donors (Lipinski definition) is 2. The normalized spacial score (nSPS) is 18.1. The molecule has 3 aromatic rings. The zero-order chi connectivity index (χ0) is 21.8. The Bertz CT molecular complexity index is 1110. The summed E-state index contributed by atoms with van der Waals surface area (Å²) in [5, 5.41) is 2.46. The third-order valence-corrected chi connectivity index (χ3v) is 6.29. The maximum atomic E-state index is 13.7. The number of pyridine rings is 1. The number of nitrogens with one attached hydrogen (secondary N) is 1. The molecule has 3 amide bonds. The summed E-state index contributed by atoms with van der Waals surface area (Å²) in [6.07, 6.45) is 3.01. The molecule has 0 aliphatic carbocycles. The summed E-state index contributed by atoms with van der Waals surface area (Å²) < 4.78 is 0. The van der Waals surface area contributed by atoms with Crippen LogP contribution in [0, 0.1) is 0 Å². The number of anilines is 1. The van der Waals surface area contributed by atoms with Gasteiger partial charge in [0.25, 0.3) is 11.8 Å². The number of para-hydroxylation sites is 1. The van der Waals surface area contributed by atoms with Gasteiger partial charge in [-0.1, -0.05) is 42.5 Å². The van der Waals surface area contributed by atoms with Crippen LogP contribution in [-0.2, 0) is 9.59 Å². The summed E-state index contributed by atoms with van der Waals surface area (Å²) >= 11 is 1.47. The van der Waals surface area contributed by atoms with E-state index in [-0.39, 0.29) is 6.54 Å². The van der Waals surface area contributed by atoms with E-state index in [4.69, 9.17) is 5.73 Å². The molecule has 4 rings (SSSR count). The Kier molecular flexibility index (Phi) is 5.99. The third-order valence-electron chi connectivity index (χ3n) is 4.90. The number of rotatable bonds is 5. The van der Waals surface area contributed by atoms with Crippen LogP contribution in [0.4, 0.5) is 5.69 Å². The topological polar surface area (TPSA) is 105 Å². The first-order chi connectivity index (χ1) is 15.0. The summed E-state index contributed by atoms with van der Waals surface area (Å²) in [5.74, 6) is -1.45. The molecule has 3 N–H and O–H groups in total. The molecule has 0 radical (unpaired) electrons. The van der Waals surface area contributed by atoms with E-state index in [1.807, 2.05) is 42.5 Å². The molecule has 31 heavy (non-hydrogen) atoms. The van der Waals surface area contributed by atoms with Crippen LogP contribution in [0.5, 0.6) is 0 Å². The van der Waals surface area contributed by atoms with Crippen molar-refractivity contribution in [2.24, 2.45) is 5.73 Å². The maximum Gasteiger partial charge on any atom is 0.253 e. The predicted molar refractivity (Wildman–Crippen MR) is 119 cm³/mol. The zero-order valence-corrected chi connectivity index (χ0v) is 17.3. The van der Waals surface area contributed by atoms with Crippen molar-refractivity contribution < 1.29 is 14.4 Å². The third kappa shape index (κ3) is 4.44. The number of carbonyl (C=O) groups excluding carboxylic acids is 3. The first kappa shape index (κ1) is 20.6. The number of benzene rings is 2. The van der Waals surface area contributed by atoms with E-state index in [1.54, 1.807) is 30.5 Å². The smallest absolute Gasteiger partial charge is 0.253 e. The second-order valence-corrected chi connectivity index (χ2v) is 8.18. The Morgan fingerprint density at radius 1 is 1.03 bits per heavy atom. The first-order valence-electron chi connectivity index (χ1n) is 9.66. The minimum Gasteiger partial charge on any atom is -0.368 e. The number of amides is 3. The molecule has 8 heteroatoms. The number of primary amides is 1. The fourth-order valence-electron chi connectivity index (χ4n) is 3.48. The largest absolute Gasteiger partial charge is 0.368 e. The van der Waals surface area contributed by atoms with Gasteiger partial charge in [0.1, 0.15) is 12.6 Å². The van der Waals surface area contributed by atoms with Gasteiger partial charge in [0, 0.05) is 17.3 Å². The van der Waals surface area contributed by atoms with Crippen molar-refractivity contribution >= 4 is 35.2 Å². The van der Waals surface area contributed by atoms with E-state index in [0.717, 1.165) is 10.5 Å². The number of carbonyl (C=O) groups is 3. The minimum atomic E-state index is -0.924. The van der Waals surface area contributed by atoms with Crippen molar-refractivity contribution in [3.05, 3.63) is 90.3 Å². The highest BCUT2D eigenvalue weighted by atomic mass is 32.2. The van der Waals surface area contributed by atoms with Gasteiger partial charge in [0.05, 0.1) is 16.5 Å². The van der Waals surface area contributed by atoms with Crippen molar-refractivity contribution in [3.63, 3.8) is 0 Å². The zero-order valence-electron chi connectivity index (χ0n) is 16.5. The molecule has 0 spiro atoms. The molecule has 0 saturated heterocycles. The lowest BCUT2D eigenvalue weighted by atomic mass is 10.0. The quantitative estimate of drug-likeness (QED) is 0.645. The van der Waals surface area contributed by atoms with Gasteiger partial charge in [-0.15, -0.1) is 11.8 Å². The number of aromatic nitrogens is 1. The monoisotopic (exact) mass is 432 g/mol. The average Bonchev–Trinajstić information content (AvgIpc) is 2.90. The molecule has 1 aliphatic heterocycles. The van der Waals surface area contributed by atoms with Crippen LogP contribution in [0.1, 0.15) is 21.2 Å². The standard InChI is InChI=1S/C23H20N4O3S/c24-19(28)14-27-17-10-4-5-11-18(17)31-21(15-7-2-1-3-8-15)20(23(27)30)26-22(29)16-9-6-12-25-13-16/h1-13,20-21H,14H2,(H2,24,28)(H,26,29). The van der Waals surface area contributed by atoms with Crippen molar-refractivity contribution in [1.82, 2.24) is 10.3 Å². The highest BCUT2D eigenvalue weighted by Crippen LogP contribution is 2.45. The lowest BCUT2D eigenvalue weighted by molar-refractivity contribution is -0.123. The number of nitrogens with zero attached hydrogens (tertiary/aromatic N) is 2. The van der Waals surface area contributed by atoms with Gasteiger partial charge in [0.15, 0.2) is 0 Å². The van der Waals surface area contributed by atoms with E-state index >= 15 is 0 Å². The van der Waals surface area contributed by atoms with E-state index in [9.17, 15) is 14.4 Å². The van der Waals surface area contributed by atoms with Crippen LogP contribution in [0.25, 0.3) is 0 Å². The SMILES string of the molecule is NC(=O)CN1C(=O)C(NC(=O)c2cccnc2)C(c2ccccc2)Sc2ccccc21. The van der Waals surface area contributed by atoms with Crippen molar-refractivity contribution in [3.8, 4) is 0 Å². The highest BCUT2D eigenvalue weighted by molar-refractivity contribution is 7.99. The molecule has 0 saturated carbocycles. The van der Waals surface area contributed by atoms with Crippen LogP contribution in [0.3, 0.4) is 0 Å². The summed E-state index contributed by atoms with van der Waals surface area (Å²) in [6, 6.07) is 19.2. The summed E-state index contributed by atoms with van der Waals surface area (Å²) in [7, 11) is 0. The van der Waals surface area contributed by atoms with E-state index in [1.165, 1.54) is 22.9 Å². The van der Waals surface area contributed by atoms with Crippen molar-refractivity contribution in [2.75, 3.05) is 11.4 Å². The fraction of sp³-hybridized carbons (Fsp3) is 0.130. The molecule has 1 aromatic heterocycles. The first-order valence-corrected chi connectivity index (χ1v) is 10.5. The van der Waals surface area contributed by atoms with Crippen LogP contribution < -0.4 is 16.0 Å². The number of nitrogens with two attached hydrogens (primary N) is 1. The molecule has 2 unspecified atom stereocenters. The Morgan fingerprint density at radius 2 is 1.77 bits per heavy atom. The van der Waals surface area contributed by atoms with Gasteiger partial charge in [-0.25, -0.2) is 0 Å². The van der Waals surface area contributed by atoms with Gasteiger partial charge >= 0.3 is 0 Å². The average molecular weight is 433 g/mol. The Labute approximate surface area is 183 Å². The molecule has 2 heterocycles. The second-order valence-electron chi connectivity index (χ2n) is 7.00. The lowest BCUT2D eigenvalue weighted by Crippen LogP contribution is -2.52. The molecular formula is C23H20N4O3S. The molecule has 0 fully saturated rings. The van der Waals surface area contributed by atoms with Gasteiger partial charge in [-0.05, 0) is 29.8 Å².